The van der Waals surface area contributed by atoms with Crippen molar-refractivity contribution in [2.45, 2.75) is 26.0 Å². The summed E-state index contributed by atoms with van der Waals surface area (Å²) in [5, 5.41) is 11.9. The largest absolute Gasteiger partial charge is 0.380 e. The third kappa shape index (κ3) is 4.47. The Balaban J connectivity index is 1.88. The zero-order valence-corrected chi connectivity index (χ0v) is 16.3. The van der Waals surface area contributed by atoms with E-state index in [1.165, 1.54) is 5.56 Å². The minimum Gasteiger partial charge on any atom is -0.380 e. The van der Waals surface area contributed by atoms with Crippen LogP contribution in [0, 0.1) is 5.92 Å². The standard InChI is InChI=1S/C25H29NO/c1-3-26(20-22-13-7-4-8-14-22)19-21(2)25(27,23-15-9-5-10-16-23)24-17-11-6-12-18-24/h4-18,21,27H,3,19-20H2,1-2H3. The lowest BCUT2D eigenvalue weighted by Gasteiger charge is -2.38. The zero-order valence-electron chi connectivity index (χ0n) is 16.3. The Morgan fingerprint density at radius 3 is 1.67 bits per heavy atom. The molecule has 0 aliphatic heterocycles. The van der Waals surface area contributed by atoms with Gasteiger partial charge in [-0.2, -0.15) is 0 Å². The molecule has 0 bridgehead atoms. The van der Waals surface area contributed by atoms with E-state index in [1.807, 2.05) is 66.7 Å². The summed E-state index contributed by atoms with van der Waals surface area (Å²) in [6.45, 7) is 6.97. The van der Waals surface area contributed by atoms with Gasteiger partial charge in [-0.3, -0.25) is 4.90 Å². The van der Waals surface area contributed by atoms with Crippen molar-refractivity contribution < 1.29 is 5.11 Å². The molecule has 0 aliphatic rings. The van der Waals surface area contributed by atoms with Crippen LogP contribution in [0.25, 0.3) is 0 Å². The van der Waals surface area contributed by atoms with Crippen LogP contribution < -0.4 is 0 Å². The Labute approximate surface area is 163 Å². The molecule has 3 rings (SSSR count). The molecule has 0 spiro atoms. The summed E-state index contributed by atoms with van der Waals surface area (Å²) in [4.78, 5) is 2.40. The first-order chi connectivity index (χ1) is 13.1. The van der Waals surface area contributed by atoms with Crippen LogP contribution in [0.15, 0.2) is 91.0 Å². The van der Waals surface area contributed by atoms with Gasteiger partial charge in [-0.25, -0.2) is 0 Å². The summed E-state index contributed by atoms with van der Waals surface area (Å²) in [5.41, 5.74) is 2.17. The molecule has 0 aromatic heterocycles. The molecule has 0 heterocycles. The summed E-state index contributed by atoms with van der Waals surface area (Å²) in [6, 6.07) is 30.6. The zero-order chi connectivity index (χ0) is 19.1. The van der Waals surface area contributed by atoms with Crippen molar-refractivity contribution in [3.05, 3.63) is 108 Å². The highest BCUT2D eigenvalue weighted by atomic mass is 16.3. The van der Waals surface area contributed by atoms with Crippen LogP contribution in [-0.2, 0) is 12.1 Å². The maximum Gasteiger partial charge on any atom is 0.118 e. The molecule has 1 atom stereocenters. The second-order valence-electron chi connectivity index (χ2n) is 7.21. The minimum atomic E-state index is -1.02. The summed E-state index contributed by atoms with van der Waals surface area (Å²) in [5.74, 6) is 0.0333. The van der Waals surface area contributed by atoms with Gasteiger partial charge in [0.2, 0.25) is 0 Å². The van der Waals surface area contributed by atoms with E-state index in [0.29, 0.717) is 0 Å². The van der Waals surface area contributed by atoms with Crippen LogP contribution in [-0.4, -0.2) is 23.1 Å². The van der Waals surface area contributed by atoms with E-state index in [0.717, 1.165) is 30.8 Å². The molecule has 140 valence electrons. The van der Waals surface area contributed by atoms with Crippen molar-refractivity contribution in [1.29, 1.82) is 0 Å². The van der Waals surface area contributed by atoms with Gasteiger partial charge in [0.05, 0.1) is 0 Å². The van der Waals surface area contributed by atoms with Gasteiger partial charge >= 0.3 is 0 Å². The highest BCUT2D eigenvalue weighted by Gasteiger charge is 2.38. The van der Waals surface area contributed by atoms with Crippen molar-refractivity contribution in [2.24, 2.45) is 5.92 Å². The van der Waals surface area contributed by atoms with Crippen LogP contribution in [0.2, 0.25) is 0 Å². The van der Waals surface area contributed by atoms with Crippen molar-refractivity contribution in [3.8, 4) is 0 Å². The third-order valence-corrected chi connectivity index (χ3v) is 5.37. The Hall–Kier alpha value is -2.42. The smallest absolute Gasteiger partial charge is 0.118 e. The van der Waals surface area contributed by atoms with E-state index in [-0.39, 0.29) is 5.92 Å². The average molecular weight is 360 g/mol. The fraction of sp³-hybridized carbons (Fsp3) is 0.280. The lowest BCUT2D eigenvalue weighted by Crippen LogP contribution is -2.41. The molecule has 1 unspecified atom stereocenters. The summed E-state index contributed by atoms with van der Waals surface area (Å²) < 4.78 is 0. The van der Waals surface area contributed by atoms with Gasteiger partial charge in [-0.15, -0.1) is 0 Å². The van der Waals surface area contributed by atoms with E-state index in [2.05, 4.69) is 43.0 Å². The molecule has 27 heavy (non-hydrogen) atoms. The molecule has 0 amide bonds. The summed E-state index contributed by atoms with van der Waals surface area (Å²) >= 11 is 0. The van der Waals surface area contributed by atoms with Crippen LogP contribution in [0.5, 0.6) is 0 Å². The summed E-state index contributed by atoms with van der Waals surface area (Å²) in [7, 11) is 0. The molecular weight excluding hydrogens is 330 g/mol. The molecule has 0 saturated carbocycles. The lowest BCUT2D eigenvalue weighted by atomic mass is 9.76. The van der Waals surface area contributed by atoms with E-state index >= 15 is 0 Å². The lowest BCUT2D eigenvalue weighted by molar-refractivity contribution is 0.00688. The highest BCUT2D eigenvalue weighted by Crippen LogP contribution is 2.37. The number of hydrogen-bond acceptors (Lipinski definition) is 2. The Bertz CT molecular complexity index is 762. The molecule has 0 radical (unpaired) electrons. The molecule has 1 N–H and O–H groups in total. The van der Waals surface area contributed by atoms with Gasteiger partial charge in [0.25, 0.3) is 0 Å². The van der Waals surface area contributed by atoms with Crippen molar-refractivity contribution in [1.82, 2.24) is 4.90 Å². The number of nitrogens with zero attached hydrogens (tertiary/aromatic N) is 1. The first-order valence-electron chi connectivity index (χ1n) is 9.74. The SMILES string of the molecule is CCN(Cc1ccccc1)CC(C)C(O)(c1ccccc1)c1ccccc1. The van der Waals surface area contributed by atoms with Crippen molar-refractivity contribution in [3.63, 3.8) is 0 Å². The molecule has 0 aliphatic carbocycles. The molecule has 2 nitrogen and oxygen atoms in total. The third-order valence-electron chi connectivity index (χ3n) is 5.37. The van der Waals surface area contributed by atoms with Gasteiger partial charge in [-0.1, -0.05) is 105 Å². The number of rotatable bonds is 8. The highest BCUT2D eigenvalue weighted by molar-refractivity contribution is 5.36. The van der Waals surface area contributed by atoms with Gasteiger partial charge < -0.3 is 5.11 Å². The number of hydrogen-bond donors (Lipinski definition) is 1. The van der Waals surface area contributed by atoms with Crippen molar-refractivity contribution in [2.75, 3.05) is 13.1 Å². The van der Waals surface area contributed by atoms with Gasteiger partial charge in [0.15, 0.2) is 0 Å². The molecule has 3 aromatic rings. The van der Waals surface area contributed by atoms with Crippen LogP contribution in [0.4, 0.5) is 0 Å². The van der Waals surface area contributed by atoms with Gasteiger partial charge in [0, 0.05) is 19.0 Å². The van der Waals surface area contributed by atoms with E-state index < -0.39 is 5.60 Å². The maximum absolute atomic E-state index is 11.9. The normalized spacial score (nSPS) is 12.9. The van der Waals surface area contributed by atoms with Crippen LogP contribution in [0.3, 0.4) is 0 Å². The predicted octanol–water partition coefficient (Wildman–Crippen LogP) is 5.08. The molecule has 2 heteroatoms. The van der Waals surface area contributed by atoms with Crippen molar-refractivity contribution >= 4 is 0 Å². The molecule has 3 aromatic carbocycles. The van der Waals surface area contributed by atoms with Crippen LogP contribution >= 0.6 is 0 Å². The Morgan fingerprint density at radius 2 is 1.22 bits per heavy atom. The van der Waals surface area contributed by atoms with E-state index in [4.69, 9.17) is 0 Å². The number of benzene rings is 3. The Kier molecular flexibility index (Phi) is 6.44. The molecular formula is C25H29NO. The van der Waals surface area contributed by atoms with Gasteiger partial charge in [0.1, 0.15) is 5.60 Å². The fourth-order valence-corrected chi connectivity index (χ4v) is 3.79. The van der Waals surface area contributed by atoms with E-state index in [1.54, 1.807) is 0 Å². The fourth-order valence-electron chi connectivity index (χ4n) is 3.79. The van der Waals surface area contributed by atoms with E-state index in [9.17, 15) is 5.11 Å². The summed E-state index contributed by atoms with van der Waals surface area (Å²) in [6.07, 6.45) is 0. The topological polar surface area (TPSA) is 23.5 Å². The van der Waals surface area contributed by atoms with Gasteiger partial charge in [-0.05, 0) is 23.2 Å². The predicted molar refractivity (Wildman–Crippen MR) is 112 cm³/mol. The first-order valence-corrected chi connectivity index (χ1v) is 9.74. The monoisotopic (exact) mass is 359 g/mol. The minimum absolute atomic E-state index is 0.0333. The first kappa shape index (κ1) is 19.3. The average Bonchev–Trinajstić information content (AvgIpc) is 2.74. The quantitative estimate of drug-likeness (QED) is 0.606. The maximum atomic E-state index is 11.9. The second kappa shape index (κ2) is 8.98. The molecule has 0 saturated heterocycles. The molecule has 0 fully saturated rings. The van der Waals surface area contributed by atoms with Crippen LogP contribution in [0.1, 0.15) is 30.5 Å². The number of aliphatic hydroxyl groups is 1. The Morgan fingerprint density at radius 1 is 0.778 bits per heavy atom. The second-order valence-corrected chi connectivity index (χ2v) is 7.21.